The lowest BCUT2D eigenvalue weighted by molar-refractivity contribution is 0.173. The molecule has 0 saturated heterocycles. The lowest BCUT2D eigenvalue weighted by Crippen LogP contribution is -2.25. The Morgan fingerprint density at radius 3 is 2.95 bits per heavy atom. The fourth-order valence-electron chi connectivity index (χ4n) is 2.16. The molecule has 0 saturated carbocycles. The number of hydrogen-bond acceptors (Lipinski definition) is 4. The molecule has 4 nitrogen and oxygen atoms in total. The second-order valence-electron chi connectivity index (χ2n) is 4.82. The Balaban J connectivity index is 1.63. The molecule has 1 aliphatic rings. The summed E-state index contributed by atoms with van der Waals surface area (Å²) in [6.45, 7) is 6.45. The topological polar surface area (TPSA) is 39.7 Å². The van der Waals surface area contributed by atoms with Gasteiger partial charge in [0.2, 0.25) is 6.79 Å². The number of hydrogen-bond donors (Lipinski definition) is 1. The van der Waals surface area contributed by atoms with E-state index in [1.807, 2.05) is 18.2 Å². The fraction of sp³-hybridized carbons (Fsp3) is 0.600. The Labute approximate surface area is 115 Å². The quantitative estimate of drug-likeness (QED) is 0.734. The minimum Gasteiger partial charge on any atom is -0.493 e. The van der Waals surface area contributed by atoms with Crippen molar-refractivity contribution in [3.8, 4) is 17.2 Å². The van der Waals surface area contributed by atoms with Gasteiger partial charge < -0.3 is 19.5 Å². The van der Waals surface area contributed by atoms with Crippen molar-refractivity contribution in [2.45, 2.75) is 39.2 Å². The van der Waals surface area contributed by atoms with Crippen LogP contribution in [0.2, 0.25) is 0 Å². The van der Waals surface area contributed by atoms with Crippen LogP contribution in [0.4, 0.5) is 0 Å². The first-order valence-electron chi connectivity index (χ1n) is 7.05. The van der Waals surface area contributed by atoms with E-state index in [0.717, 1.165) is 36.8 Å². The highest BCUT2D eigenvalue weighted by Crippen LogP contribution is 2.35. The molecule has 4 heteroatoms. The Bertz CT molecular complexity index is 395. The second-order valence-corrected chi connectivity index (χ2v) is 4.82. The number of rotatable bonds is 8. The van der Waals surface area contributed by atoms with Gasteiger partial charge in [-0.2, -0.15) is 0 Å². The predicted molar refractivity (Wildman–Crippen MR) is 75.0 cm³/mol. The molecule has 1 aromatic rings. The van der Waals surface area contributed by atoms with Gasteiger partial charge in [0.15, 0.2) is 11.5 Å². The van der Waals surface area contributed by atoms with Crippen molar-refractivity contribution in [1.82, 2.24) is 5.32 Å². The summed E-state index contributed by atoms with van der Waals surface area (Å²) in [6, 6.07) is 6.30. The Hall–Kier alpha value is -1.42. The lowest BCUT2D eigenvalue weighted by atomic mass is 10.1. The van der Waals surface area contributed by atoms with Gasteiger partial charge in [-0.3, -0.25) is 0 Å². The highest BCUT2D eigenvalue weighted by atomic mass is 16.7. The molecule has 0 spiro atoms. The van der Waals surface area contributed by atoms with Crippen LogP contribution in [0.15, 0.2) is 18.2 Å². The summed E-state index contributed by atoms with van der Waals surface area (Å²) in [4.78, 5) is 0. The van der Waals surface area contributed by atoms with Crippen molar-refractivity contribution in [1.29, 1.82) is 0 Å². The van der Waals surface area contributed by atoms with Crippen molar-refractivity contribution in [3.05, 3.63) is 18.2 Å². The summed E-state index contributed by atoms with van der Waals surface area (Å²) in [5, 5.41) is 3.41. The van der Waals surface area contributed by atoms with Gasteiger partial charge in [-0.15, -0.1) is 0 Å². The van der Waals surface area contributed by atoms with Gasteiger partial charge in [-0.1, -0.05) is 6.92 Å². The number of benzene rings is 1. The van der Waals surface area contributed by atoms with E-state index in [2.05, 4.69) is 19.2 Å². The summed E-state index contributed by atoms with van der Waals surface area (Å²) >= 11 is 0. The molecule has 1 N–H and O–H groups in total. The molecule has 106 valence electrons. The van der Waals surface area contributed by atoms with Crippen LogP contribution in [0.1, 0.15) is 33.1 Å². The SMILES string of the molecule is CCNC(C)CCCCOc1ccc2c(c1)OCO2. The van der Waals surface area contributed by atoms with E-state index in [1.165, 1.54) is 12.8 Å². The van der Waals surface area contributed by atoms with Crippen molar-refractivity contribution in [2.24, 2.45) is 0 Å². The van der Waals surface area contributed by atoms with Crippen LogP contribution in [0, 0.1) is 0 Å². The van der Waals surface area contributed by atoms with Gasteiger partial charge in [0.05, 0.1) is 6.61 Å². The third kappa shape index (κ3) is 4.31. The molecule has 0 radical (unpaired) electrons. The zero-order valence-corrected chi connectivity index (χ0v) is 11.8. The van der Waals surface area contributed by atoms with Gasteiger partial charge in [-0.25, -0.2) is 0 Å². The van der Waals surface area contributed by atoms with E-state index in [4.69, 9.17) is 14.2 Å². The standard InChI is InChI=1S/C15H23NO3/c1-3-16-12(2)6-4-5-9-17-13-7-8-14-15(10-13)19-11-18-14/h7-8,10,12,16H,3-6,9,11H2,1-2H3. The second kappa shape index (κ2) is 7.24. The average Bonchev–Trinajstić information content (AvgIpc) is 2.86. The lowest BCUT2D eigenvalue weighted by Gasteiger charge is -2.12. The largest absolute Gasteiger partial charge is 0.493 e. The maximum absolute atomic E-state index is 5.72. The molecule has 1 aromatic carbocycles. The van der Waals surface area contributed by atoms with Crippen LogP contribution in [0.3, 0.4) is 0 Å². The molecular weight excluding hydrogens is 242 g/mol. The smallest absolute Gasteiger partial charge is 0.231 e. The van der Waals surface area contributed by atoms with Crippen molar-refractivity contribution in [3.63, 3.8) is 0 Å². The zero-order chi connectivity index (χ0) is 13.5. The number of nitrogens with one attached hydrogen (secondary N) is 1. The van der Waals surface area contributed by atoms with E-state index in [9.17, 15) is 0 Å². The minimum atomic E-state index is 0.307. The van der Waals surface area contributed by atoms with Crippen LogP contribution in [-0.2, 0) is 0 Å². The Morgan fingerprint density at radius 2 is 2.11 bits per heavy atom. The van der Waals surface area contributed by atoms with Crippen LogP contribution in [0.5, 0.6) is 17.2 Å². The third-order valence-corrected chi connectivity index (χ3v) is 3.20. The summed E-state index contributed by atoms with van der Waals surface area (Å²) in [7, 11) is 0. The third-order valence-electron chi connectivity index (χ3n) is 3.20. The van der Waals surface area contributed by atoms with E-state index >= 15 is 0 Å². The monoisotopic (exact) mass is 265 g/mol. The maximum atomic E-state index is 5.72. The summed E-state index contributed by atoms with van der Waals surface area (Å²) in [6.07, 6.45) is 3.45. The first-order chi connectivity index (χ1) is 9.29. The molecule has 2 rings (SSSR count). The predicted octanol–water partition coefficient (Wildman–Crippen LogP) is 2.96. The van der Waals surface area contributed by atoms with Crippen molar-refractivity contribution in [2.75, 3.05) is 19.9 Å². The van der Waals surface area contributed by atoms with E-state index in [-0.39, 0.29) is 0 Å². The molecule has 1 unspecified atom stereocenters. The van der Waals surface area contributed by atoms with Crippen LogP contribution < -0.4 is 19.5 Å². The van der Waals surface area contributed by atoms with Crippen molar-refractivity contribution >= 4 is 0 Å². The maximum Gasteiger partial charge on any atom is 0.231 e. The molecule has 0 aromatic heterocycles. The van der Waals surface area contributed by atoms with Gasteiger partial charge >= 0.3 is 0 Å². The summed E-state index contributed by atoms with van der Waals surface area (Å²) in [5.74, 6) is 2.43. The van der Waals surface area contributed by atoms with E-state index < -0.39 is 0 Å². The Kier molecular flexibility index (Phi) is 5.33. The molecule has 0 amide bonds. The number of fused-ring (bicyclic) bond motifs is 1. The van der Waals surface area contributed by atoms with Gasteiger partial charge in [0.25, 0.3) is 0 Å². The molecule has 1 heterocycles. The van der Waals surface area contributed by atoms with Gasteiger partial charge in [-0.05, 0) is 44.9 Å². The van der Waals surface area contributed by atoms with E-state index in [0.29, 0.717) is 12.8 Å². The minimum absolute atomic E-state index is 0.307. The van der Waals surface area contributed by atoms with E-state index in [1.54, 1.807) is 0 Å². The molecule has 0 fully saturated rings. The average molecular weight is 265 g/mol. The highest BCUT2D eigenvalue weighted by Gasteiger charge is 2.13. The highest BCUT2D eigenvalue weighted by molar-refractivity contribution is 5.46. The summed E-state index contributed by atoms with van der Waals surface area (Å²) in [5.41, 5.74) is 0. The van der Waals surface area contributed by atoms with Crippen LogP contribution in [0.25, 0.3) is 0 Å². The number of ether oxygens (including phenoxy) is 3. The fourth-order valence-corrected chi connectivity index (χ4v) is 2.16. The summed E-state index contributed by atoms with van der Waals surface area (Å²) < 4.78 is 16.3. The molecule has 0 aliphatic carbocycles. The Morgan fingerprint density at radius 1 is 1.26 bits per heavy atom. The molecule has 1 atom stereocenters. The zero-order valence-electron chi connectivity index (χ0n) is 11.8. The molecule has 19 heavy (non-hydrogen) atoms. The molecular formula is C15H23NO3. The van der Waals surface area contributed by atoms with Crippen LogP contribution >= 0.6 is 0 Å². The molecule has 1 aliphatic heterocycles. The van der Waals surface area contributed by atoms with Gasteiger partial charge in [0, 0.05) is 12.1 Å². The first kappa shape index (κ1) is 14.0. The first-order valence-corrected chi connectivity index (χ1v) is 7.05. The van der Waals surface area contributed by atoms with Gasteiger partial charge in [0.1, 0.15) is 5.75 Å². The van der Waals surface area contributed by atoms with Crippen molar-refractivity contribution < 1.29 is 14.2 Å². The number of unbranched alkanes of at least 4 members (excludes halogenated alkanes) is 1. The van der Waals surface area contributed by atoms with Crippen LogP contribution in [-0.4, -0.2) is 26.0 Å². The molecule has 0 bridgehead atoms. The normalized spacial score (nSPS) is 14.4.